The summed E-state index contributed by atoms with van der Waals surface area (Å²) >= 11 is 5.85. The molecule has 0 aromatic heterocycles. The molecule has 0 saturated carbocycles. The third-order valence-corrected chi connectivity index (χ3v) is 3.64. The van der Waals surface area contributed by atoms with Gasteiger partial charge in [0, 0.05) is 16.7 Å². The molecule has 6 heteroatoms. The van der Waals surface area contributed by atoms with Crippen molar-refractivity contribution >= 4 is 29.5 Å². The van der Waals surface area contributed by atoms with E-state index in [0.29, 0.717) is 22.1 Å². The van der Waals surface area contributed by atoms with E-state index in [2.05, 4.69) is 4.99 Å². The summed E-state index contributed by atoms with van der Waals surface area (Å²) in [6.07, 6.45) is 1.64. The Kier molecular flexibility index (Phi) is 4.53. The van der Waals surface area contributed by atoms with Gasteiger partial charge in [0.15, 0.2) is 5.70 Å². The van der Waals surface area contributed by atoms with Crippen molar-refractivity contribution in [1.82, 2.24) is 0 Å². The number of benzene rings is 2. The molecule has 0 unspecified atom stereocenters. The van der Waals surface area contributed by atoms with Crippen LogP contribution in [0.5, 0.6) is 11.5 Å². The van der Waals surface area contributed by atoms with Crippen LogP contribution in [0.25, 0.3) is 6.08 Å². The van der Waals surface area contributed by atoms with Crippen LogP contribution >= 0.6 is 11.6 Å². The predicted molar refractivity (Wildman–Crippen MR) is 91.6 cm³/mol. The van der Waals surface area contributed by atoms with Gasteiger partial charge in [0.1, 0.15) is 11.5 Å². The summed E-state index contributed by atoms with van der Waals surface area (Å²) in [5, 5.41) is 0.624. The largest absolute Gasteiger partial charge is 0.497 e. The number of aliphatic imine (C=N–C) groups is 1. The molecule has 1 heterocycles. The zero-order valence-corrected chi connectivity index (χ0v) is 13.8. The highest BCUT2D eigenvalue weighted by molar-refractivity contribution is 6.30. The molecule has 122 valence electrons. The summed E-state index contributed by atoms with van der Waals surface area (Å²) in [7, 11) is 3.10. The van der Waals surface area contributed by atoms with Crippen molar-refractivity contribution in [2.24, 2.45) is 4.99 Å². The third kappa shape index (κ3) is 3.41. The second-order valence-electron chi connectivity index (χ2n) is 4.99. The highest BCUT2D eigenvalue weighted by Crippen LogP contribution is 2.26. The monoisotopic (exact) mass is 343 g/mol. The normalized spacial score (nSPS) is 15.2. The Morgan fingerprint density at radius 3 is 2.25 bits per heavy atom. The molecule has 2 aromatic rings. The van der Waals surface area contributed by atoms with Crippen LogP contribution in [0.3, 0.4) is 0 Å². The van der Waals surface area contributed by atoms with Crippen LogP contribution in [0.2, 0.25) is 5.02 Å². The van der Waals surface area contributed by atoms with E-state index < -0.39 is 5.97 Å². The second-order valence-corrected chi connectivity index (χ2v) is 5.43. The molecule has 2 aromatic carbocycles. The number of rotatable bonds is 4. The van der Waals surface area contributed by atoms with E-state index in [0.717, 1.165) is 5.56 Å². The van der Waals surface area contributed by atoms with Crippen LogP contribution in [-0.2, 0) is 9.53 Å². The predicted octanol–water partition coefficient (Wildman–Crippen LogP) is 3.70. The molecule has 0 fully saturated rings. The molecule has 3 rings (SSSR count). The van der Waals surface area contributed by atoms with Crippen LogP contribution in [-0.4, -0.2) is 26.1 Å². The molecule has 0 saturated heterocycles. The molecular formula is C18H14ClNO4. The SMILES string of the molecule is COc1cc(OC)cc(C2=N/C(=C/c3ccc(Cl)cc3)C(=O)O2)c1. The standard InChI is InChI=1S/C18H14ClNO4/c1-22-14-8-12(9-15(10-14)23-2)17-20-16(18(21)24-17)7-11-3-5-13(19)6-4-11/h3-10H,1-2H3/b16-7+. The van der Waals surface area contributed by atoms with Gasteiger partial charge < -0.3 is 14.2 Å². The number of cyclic esters (lactones) is 1. The van der Waals surface area contributed by atoms with Crippen molar-refractivity contribution in [3.63, 3.8) is 0 Å². The zero-order valence-electron chi connectivity index (χ0n) is 13.1. The van der Waals surface area contributed by atoms with E-state index in [-0.39, 0.29) is 11.6 Å². The van der Waals surface area contributed by atoms with E-state index in [4.69, 9.17) is 25.8 Å². The minimum absolute atomic E-state index is 0.206. The van der Waals surface area contributed by atoms with Crippen molar-refractivity contribution in [3.8, 4) is 11.5 Å². The minimum Gasteiger partial charge on any atom is -0.497 e. The lowest BCUT2D eigenvalue weighted by atomic mass is 10.2. The van der Waals surface area contributed by atoms with E-state index in [1.165, 1.54) is 0 Å². The average molecular weight is 344 g/mol. The molecule has 0 N–H and O–H groups in total. The van der Waals surface area contributed by atoms with E-state index in [9.17, 15) is 4.79 Å². The van der Waals surface area contributed by atoms with Gasteiger partial charge in [-0.2, -0.15) is 0 Å². The van der Waals surface area contributed by atoms with Crippen molar-refractivity contribution < 1.29 is 19.0 Å². The highest BCUT2D eigenvalue weighted by atomic mass is 35.5. The Morgan fingerprint density at radius 2 is 1.67 bits per heavy atom. The molecule has 5 nitrogen and oxygen atoms in total. The Balaban J connectivity index is 1.95. The molecule has 0 atom stereocenters. The van der Waals surface area contributed by atoms with Crippen molar-refractivity contribution in [2.45, 2.75) is 0 Å². The van der Waals surface area contributed by atoms with E-state index in [1.54, 1.807) is 62.8 Å². The van der Waals surface area contributed by atoms with Crippen LogP contribution in [0.15, 0.2) is 53.2 Å². The first-order valence-corrected chi connectivity index (χ1v) is 7.48. The molecule has 0 bridgehead atoms. The number of halogens is 1. The second kappa shape index (κ2) is 6.76. The lowest BCUT2D eigenvalue weighted by Crippen LogP contribution is -2.06. The summed E-state index contributed by atoms with van der Waals surface area (Å²) in [6, 6.07) is 12.2. The van der Waals surface area contributed by atoms with Gasteiger partial charge in [0.05, 0.1) is 14.2 Å². The van der Waals surface area contributed by atoms with Gasteiger partial charge in [-0.3, -0.25) is 0 Å². The number of hydrogen-bond donors (Lipinski definition) is 0. The maximum absolute atomic E-state index is 12.0. The fraction of sp³-hybridized carbons (Fsp3) is 0.111. The Hall–Kier alpha value is -2.79. The number of hydrogen-bond acceptors (Lipinski definition) is 5. The minimum atomic E-state index is -0.512. The molecule has 0 spiro atoms. The topological polar surface area (TPSA) is 57.1 Å². The van der Waals surface area contributed by atoms with Crippen molar-refractivity contribution in [3.05, 3.63) is 64.3 Å². The number of methoxy groups -OCH3 is 2. The van der Waals surface area contributed by atoms with E-state index in [1.807, 2.05) is 0 Å². The molecule has 24 heavy (non-hydrogen) atoms. The van der Waals surface area contributed by atoms with Crippen LogP contribution in [0.1, 0.15) is 11.1 Å². The maximum atomic E-state index is 12.0. The van der Waals surface area contributed by atoms with Crippen LogP contribution in [0, 0.1) is 0 Å². The van der Waals surface area contributed by atoms with Crippen molar-refractivity contribution in [2.75, 3.05) is 14.2 Å². The summed E-state index contributed by atoms with van der Waals surface area (Å²) in [5.74, 6) is 0.857. The number of carbonyl (C=O) groups is 1. The number of carbonyl (C=O) groups excluding carboxylic acids is 1. The van der Waals surface area contributed by atoms with Gasteiger partial charge in [0.25, 0.3) is 0 Å². The molecule has 0 radical (unpaired) electrons. The zero-order chi connectivity index (χ0) is 17.1. The smallest absolute Gasteiger partial charge is 0.363 e. The molecule has 0 aliphatic carbocycles. The van der Waals surface area contributed by atoms with Crippen LogP contribution < -0.4 is 9.47 Å². The van der Waals surface area contributed by atoms with Gasteiger partial charge >= 0.3 is 5.97 Å². The number of esters is 1. The lowest BCUT2D eigenvalue weighted by Gasteiger charge is -2.07. The summed E-state index contributed by atoms with van der Waals surface area (Å²) in [6.45, 7) is 0. The number of ether oxygens (including phenoxy) is 3. The summed E-state index contributed by atoms with van der Waals surface area (Å²) in [5.41, 5.74) is 1.62. The van der Waals surface area contributed by atoms with E-state index >= 15 is 0 Å². The van der Waals surface area contributed by atoms with Gasteiger partial charge in [-0.25, -0.2) is 9.79 Å². The fourth-order valence-electron chi connectivity index (χ4n) is 2.18. The first-order valence-electron chi connectivity index (χ1n) is 7.10. The van der Waals surface area contributed by atoms with Crippen molar-refractivity contribution in [1.29, 1.82) is 0 Å². The Morgan fingerprint density at radius 1 is 1.04 bits per heavy atom. The first kappa shape index (κ1) is 16.1. The molecule has 1 aliphatic heterocycles. The lowest BCUT2D eigenvalue weighted by molar-refractivity contribution is -0.129. The molecule has 0 amide bonds. The summed E-state index contributed by atoms with van der Waals surface area (Å²) < 4.78 is 15.7. The van der Waals surface area contributed by atoms with Crippen LogP contribution in [0.4, 0.5) is 0 Å². The quantitative estimate of drug-likeness (QED) is 0.627. The third-order valence-electron chi connectivity index (χ3n) is 3.39. The molecular weight excluding hydrogens is 330 g/mol. The molecule has 1 aliphatic rings. The Labute approximate surface area is 144 Å². The average Bonchev–Trinajstić information content (AvgIpc) is 2.97. The first-order chi connectivity index (χ1) is 11.6. The summed E-state index contributed by atoms with van der Waals surface area (Å²) in [4.78, 5) is 16.3. The van der Waals surface area contributed by atoms with Gasteiger partial charge in [-0.15, -0.1) is 0 Å². The van der Waals surface area contributed by atoms with Gasteiger partial charge in [-0.1, -0.05) is 23.7 Å². The maximum Gasteiger partial charge on any atom is 0.363 e. The Bertz CT molecular complexity index is 818. The van der Waals surface area contributed by atoms with Gasteiger partial charge in [-0.05, 0) is 35.9 Å². The number of nitrogens with zero attached hydrogens (tertiary/aromatic N) is 1. The highest BCUT2D eigenvalue weighted by Gasteiger charge is 2.25. The fourth-order valence-corrected chi connectivity index (χ4v) is 2.31. The van der Waals surface area contributed by atoms with Gasteiger partial charge in [0.2, 0.25) is 5.90 Å².